The molecular formula is C11H12Cl. The highest BCUT2D eigenvalue weighted by Crippen LogP contribution is 2.36. The zero-order valence-electron chi connectivity index (χ0n) is 7.02. The molecule has 12 heavy (non-hydrogen) atoms. The summed E-state index contributed by atoms with van der Waals surface area (Å²) < 4.78 is 0. The first kappa shape index (κ1) is 8.12. The van der Waals surface area contributed by atoms with Crippen LogP contribution in [0.4, 0.5) is 0 Å². The van der Waals surface area contributed by atoms with Crippen LogP contribution in [0, 0.1) is 5.92 Å². The fourth-order valence-electron chi connectivity index (χ4n) is 1.82. The van der Waals surface area contributed by atoms with E-state index in [9.17, 15) is 0 Å². The van der Waals surface area contributed by atoms with Gasteiger partial charge in [-0.25, -0.2) is 0 Å². The molecule has 0 heterocycles. The van der Waals surface area contributed by atoms with Gasteiger partial charge in [-0.05, 0) is 24.5 Å². The van der Waals surface area contributed by atoms with Gasteiger partial charge in [0.05, 0.1) is 0 Å². The average Bonchev–Trinajstić information content (AvgIpc) is 2.57. The van der Waals surface area contributed by atoms with E-state index in [0.717, 1.165) is 5.02 Å². The van der Waals surface area contributed by atoms with Gasteiger partial charge in [0, 0.05) is 10.9 Å². The molecule has 1 aromatic carbocycles. The maximum absolute atomic E-state index is 6.08. The Balaban J connectivity index is 2.26. The number of rotatable bonds is 1. The van der Waals surface area contributed by atoms with Crippen molar-refractivity contribution in [1.29, 1.82) is 0 Å². The van der Waals surface area contributed by atoms with E-state index in [4.69, 9.17) is 11.6 Å². The maximum Gasteiger partial charge on any atom is 0.0443 e. The normalized spacial score (nSPS) is 18.4. The summed E-state index contributed by atoms with van der Waals surface area (Å²) >= 11 is 6.08. The molecule has 0 saturated heterocycles. The van der Waals surface area contributed by atoms with Gasteiger partial charge >= 0.3 is 0 Å². The lowest BCUT2D eigenvalue weighted by molar-refractivity contribution is 0.886. The van der Waals surface area contributed by atoms with Crippen molar-refractivity contribution >= 4 is 11.6 Å². The van der Waals surface area contributed by atoms with E-state index in [0.29, 0.717) is 0 Å². The molecule has 1 aliphatic carbocycles. The minimum Gasteiger partial charge on any atom is -0.0840 e. The standard InChI is InChI=1S/C11H12Cl/c12-11-8-4-3-7-10(11)9-5-1-2-6-9/h3-4,7-8H,1-2,5-6H2. The van der Waals surface area contributed by atoms with Crippen molar-refractivity contribution in [2.45, 2.75) is 25.7 Å². The SMILES string of the molecule is Clc1ccccc1[C]1CCCC1. The zero-order valence-corrected chi connectivity index (χ0v) is 7.77. The van der Waals surface area contributed by atoms with Crippen LogP contribution in [0.15, 0.2) is 24.3 Å². The van der Waals surface area contributed by atoms with Crippen LogP contribution in [-0.2, 0) is 0 Å². The summed E-state index contributed by atoms with van der Waals surface area (Å²) in [6, 6.07) is 8.15. The first-order valence-electron chi connectivity index (χ1n) is 4.47. The molecule has 1 aliphatic rings. The highest BCUT2D eigenvalue weighted by molar-refractivity contribution is 6.31. The first-order valence-corrected chi connectivity index (χ1v) is 4.85. The fourth-order valence-corrected chi connectivity index (χ4v) is 2.09. The van der Waals surface area contributed by atoms with Gasteiger partial charge in [-0.1, -0.05) is 42.6 Å². The molecule has 1 heteroatoms. The van der Waals surface area contributed by atoms with Gasteiger partial charge in [0.1, 0.15) is 0 Å². The second kappa shape index (κ2) is 3.49. The molecule has 0 atom stereocenters. The van der Waals surface area contributed by atoms with Gasteiger partial charge in [-0.2, -0.15) is 0 Å². The van der Waals surface area contributed by atoms with Crippen LogP contribution in [0.5, 0.6) is 0 Å². The Labute approximate surface area is 78.6 Å². The summed E-state index contributed by atoms with van der Waals surface area (Å²) in [6.45, 7) is 0. The molecule has 0 bridgehead atoms. The summed E-state index contributed by atoms with van der Waals surface area (Å²) in [5.41, 5.74) is 1.27. The number of benzene rings is 1. The molecule has 0 unspecified atom stereocenters. The predicted molar refractivity (Wildman–Crippen MR) is 52.3 cm³/mol. The highest BCUT2D eigenvalue weighted by Gasteiger charge is 2.19. The topological polar surface area (TPSA) is 0 Å². The monoisotopic (exact) mass is 179 g/mol. The first-order chi connectivity index (χ1) is 5.88. The Hall–Kier alpha value is -0.490. The van der Waals surface area contributed by atoms with Gasteiger partial charge in [0.15, 0.2) is 0 Å². The van der Waals surface area contributed by atoms with Gasteiger partial charge in [0.25, 0.3) is 0 Å². The van der Waals surface area contributed by atoms with Crippen LogP contribution in [0.25, 0.3) is 0 Å². The molecule has 1 saturated carbocycles. The molecule has 63 valence electrons. The van der Waals surface area contributed by atoms with E-state index in [1.54, 1.807) is 5.92 Å². The molecule has 0 spiro atoms. The molecule has 2 rings (SSSR count). The van der Waals surface area contributed by atoms with E-state index in [1.807, 2.05) is 12.1 Å². The molecule has 1 fully saturated rings. The largest absolute Gasteiger partial charge is 0.0840 e. The molecule has 1 aromatic rings. The predicted octanol–water partition coefficient (Wildman–Crippen LogP) is 3.84. The summed E-state index contributed by atoms with van der Waals surface area (Å²) in [4.78, 5) is 0. The van der Waals surface area contributed by atoms with Crippen LogP contribution in [0.1, 0.15) is 31.2 Å². The third-order valence-corrected chi connectivity index (χ3v) is 2.79. The Morgan fingerprint density at radius 3 is 2.33 bits per heavy atom. The number of halogens is 1. The average molecular weight is 180 g/mol. The minimum atomic E-state index is 0.911. The summed E-state index contributed by atoms with van der Waals surface area (Å²) in [7, 11) is 0. The lowest BCUT2D eigenvalue weighted by Gasteiger charge is -2.09. The van der Waals surface area contributed by atoms with Crippen LogP contribution in [0.3, 0.4) is 0 Å². The quantitative estimate of drug-likeness (QED) is 0.615. The highest BCUT2D eigenvalue weighted by atomic mass is 35.5. The molecule has 0 N–H and O–H groups in total. The van der Waals surface area contributed by atoms with Crippen LogP contribution in [0.2, 0.25) is 5.02 Å². The van der Waals surface area contributed by atoms with E-state index in [1.165, 1.54) is 31.2 Å². The van der Waals surface area contributed by atoms with Crippen molar-refractivity contribution in [3.63, 3.8) is 0 Å². The molecule has 0 aliphatic heterocycles. The van der Waals surface area contributed by atoms with E-state index in [-0.39, 0.29) is 0 Å². The molecule has 0 aromatic heterocycles. The minimum absolute atomic E-state index is 0.911. The van der Waals surface area contributed by atoms with E-state index >= 15 is 0 Å². The molecule has 1 radical (unpaired) electrons. The van der Waals surface area contributed by atoms with Crippen molar-refractivity contribution < 1.29 is 0 Å². The molecular weight excluding hydrogens is 168 g/mol. The Morgan fingerprint density at radius 2 is 1.67 bits per heavy atom. The lowest BCUT2D eigenvalue weighted by Crippen LogP contribution is -1.93. The Kier molecular flexibility index (Phi) is 2.36. The maximum atomic E-state index is 6.08. The Bertz CT molecular complexity index is 261. The molecule has 0 nitrogen and oxygen atoms in total. The van der Waals surface area contributed by atoms with Gasteiger partial charge < -0.3 is 0 Å². The van der Waals surface area contributed by atoms with Crippen molar-refractivity contribution in [1.82, 2.24) is 0 Å². The van der Waals surface area contributed by atoms with Crippen molar-refractivity contribution in [2.75, 3.05) is 0 Å². The second-order valence-corrected chi connectivity index (χ2v) is 3.70. The lowest BCUT2D eigenvalue weighted by atomic mass is 9.98. The third kappa shape index (κ3) is 1.49. The van der Waals surface area contributed by atoms with Crippen LogP contribution < -0.4 is 0 Å². The van der Waals surface area contributed by atoms with Gasteiger partial charge in [0.2, 0.25) is 0 Å². The van der Waals surface area contributed by atoms with Crippen LogP contribution >= 0.6 is 11.6 Å². The smallest absolute Gasteiger partial charge is 0.0443 e. The summed E-state index contributed by atoms with van der Waals surface area (Å²) in [6.07, 6.45) is 5.15. The van der Waals surface area contributed by atoms with Crippen molar-refractivity contribution in [3.8, 4) is 0 Å². The summed E-state index contributed by atoms with van der Waals surface area (Å²) in [5.74, 6) is 1.54. The van der Waals surface area contributed by atoms with Gasteiger partial charge in [-0.15, -0.1) is 0 Å². The number of hydrogen-bond acceptors (Lipinski definition) is 0. The van der Waals surface area contributed by atoms with E-state index in [2.05, 4.69) is 12.1 Å². The fraction of sp³-hybridized carbons (Fsp3) is 0.364. The third-order valence-electron chi connectivity index (χ3n) is 2.46. The molecule has 0 amide bonds. The number of hydrogen-bond donors (Lipinski definition) is 0. The van der Waals surface area contributed by atoms with Crippen molar-refractivity contribution in [2.24, 2.45) is 0 Å². The Morgan fingerprint density at radius 1 is 1.00 bits per heavy atom. The van der Waals surface area contributed by atoms with E-state index < -0.39 is 0 Å². The van der Waals surface area contributed by atoms with Crippen LogP contribution in [-0.4, -0.2) is 0 Å². The zero-order chi connectivity index (χ0) is 8.39. The second-order valence-electron chi connectivity index (χ2n) is 3.29. The van der Waals surface area contributed by atoms with Gasteiger partial charge in [-0.3, -0.25) is 0 Å². The van der Waals surface area contributed by atoms with Crippen molar-refractivity contribution in [3.05, 3.63) is 40.8 Å². The summed E-state index contributed by atoms with van der Waals surface area (Å²) in [5, 5.41) is 0.911.